The number of aromatic nitrogens is 1. The molecule has 0 radical (unpaired) electrons. The van der Waals surface area contributed by atoms with E-state index in [0.29, 0.717) is 25.9 Å². The molecule has 2 aromatic carbocycles. The van der Waals surface area contributed by atoms with Crippen molar-refractivity contribution in [1.82, 2.24) is 4.98 Å². The Morgan fingerprint density at radius 1 is 1.00 bits per heavy atom. The molecule has 1 aromatic heterocycles. The number of thiazole rings is 1. The SMILES string of the molecule is O=C(Nc1nc2ccccc2s1)Nc1cc(Cl)c(Cl)cc1Cl. The van der Waals surface area contributed by atoms with Crippen molar-refractivity contribution in [1.29, 1.82) is 0 Å². The molecule has 0 fully saturated rings. The van der Waals surface area contributed by atoms with Gasteiger partial charge in [0.05, 0.1) is 31.0 Å². The zero-order valence-electron chi connectivity index (χ0n) is 10.9. The summed E-state index contributed by atoms with van der Waals surface area (Å²) in [5, 5.41) is 6.70. The van der Waals surface area contributed by atoms with Crippen molar-refractivity contribution in [2.24, 2.45) is 0 Å². The number of carbonyl (C=O) groups is 1. The van der Waals surface area contributed by atoms with Crippen LogP contribution in [0.4, 0.5) is 15.6 Å². The molecule has 0 spiro atoms. The Morgan fingerprint density at radius 3 is 2.50 bits per heavy atom. The van der Waals surface area contributed by atoms with E-state index < -0.39 is 6.03 Å². The van der Waals surface area contributed by atoms with Gasteiger partial charge in [0.15, 0.2) is 5.13 Å². The number of carbonyl (C=O) groups excluding carboxylic acids is 1. The van der Waals surface area contributed by atoms with Gasteiger partial charge in [-0.15, -0.1) is 0 Å². The Hall–Kier alpha value is -1.53. The maximum atomic E-state index is 12.0. The van der Waals surface area contributed by atoms with Crippen molar-refractivity contribution in [3.05, 3.63) is 51.5 Å². The largest absolute Gasteiger partial charge is 0.325 e. The topological polar surface area (TPSA) is 54.0 Å². The summed E-state index contributed by atoms with van der Waals surface area (Å²) in [4.78, 5) is 16.3. The fourth-order valence-corrected chi connectivity index (χ4v) is 3.25. The number of nitrogens with one attached hydrogen (secondary N) is 2. The molecular weight excluding hydrogens is 365 g/mol. The van der Waals surface area contributed by atoms with E-state index in [0.717, 1.165) is 10.2 Å². The van der Waals surface area contributed by atoms with Crippen LogP contribution in [0.25, 0.3) is 10.2 Å². The Labute approximate surface area is 145 Å². The van der Waals surface area contributed by atoms with Crippen molar-refractivity contribution in [3.8, 4) is 0 Å². The van der Waals surface area contributed by atoms with Gasteiger partial charge < -0.3 is 5.32 Å². The number of urea groups is 1. The third kappa shape index (κ3) is 3.28. The maximum Gasteiger partial charge on any atom is 0.325 e. The fraction of sp³-hybridized carbons (Fsp3) is 0. The van der Waals surface area contributed by atoms with Crippen LogP contribution < -0.4 is 10.6 Å². The van der Waals surface area contributed by atoms with Gasteiger partial charge >= 0.3 is 6.03 Å². The molecule has 2 N–H and O–H groups in total. The molecule has 2 amide bonds. The van der Waals surface area contributed by atoms with Crippen LogP contribution in [-0.2, 0) is 0 Å². The number of benzene rings is 2. The Kier molecular flexibility index (Phi) is 4.40. The zero-order chi connectivity index (χ0) is 15.7. The number of nitrogens with zero attached hydrogens (tertiary/aromatic N) is 1. The van der Waals surface area contributed by atoms with Crippen LogP contribution in [0.15, 0.2) is 36.4 Å². The predicted octanol–water partition coefficient (Wildman–Crippen LogP) is 5.90. The second-order valence-corrected chi connectivity index (χ2v) is 6.56. The lowest BCUT2D eigenvalue weighted by Crippen LogP contribution is -2.19. The van der Waals surface area contributed by atoms with E-state index >= 15 is 0 Å². The highest BCUT2D eigenvalue weighted by Crippen LogP contribution is 2.32. The van der Waals surface area contributed by atoms with Gasteiger partial charge in [-0.3, -0.25) is 5.32 Å². The number of fused-ring (bicyclic) bond motifs is 1. The molecule has 3 aromatic rings. The van der Waals surface area contributed by atoms with Gasteiger partial charge in [0, 0.05) is 0 Å². The number of rotatable bonds is 2. The van der Waals surface area contributed by atoms with Gasteiger partial charge in [-0.2, -0.15) is 0 Å². The summed E-state index contributed by atoms with van der Waals surface area (Å²) in [7, 11) is 0. The van der Waals surface area contributed by atoms with Crippen molar-refractivity contribution < 1.29 is 4.79 Å². The smallest absolute Gasteiger partial charge is 0.306 e. The highest BCUT2D eigenvalue weighted by molar-refractivity contribution is 7.22. The standard InChI is InChI=1S/C14H8Cl3N3OS/c15-7-5-9(17)11(6-8(7)16)18-13(21)20-14-19-10-3-1-2-4-12(10)22-14/h1-6H,(H2,18,19,20,21). The molecule has 0 aliphatic heterocycles. The Balaban J connectivity index is 1.76. The van der Waals surface area contributed by atoms with Gasteiger partial charge in [-0.1, -0.05) is 58.3 Å². The fourth-order valence-electron chi connectivity index (χ4n) is 1.79. The van der Waals surface area contributed by atoms with E-state index in [9.17, 15) is 4.79 Å². The highest BCUT2D eigenvalue weighted by Gasteiger charge is 2.11. The summed E-state index contributed by atoms with van der Waals surface area (Å²) in [6, 6.07) is 10.1. The number of hydrogen-bond acceptors (Lipinski definition) is 3. The third-order valence-electron chi connectivity index (χ3n) is 2.77. The number of anilines is 2. The summed E-state index contributed by atoms with van der Waals surface area (Å²) in [6.07, 6.45) is 0. The van der Waals surface area contributed by atoms with Crippen LogP contribution in [0, 0.1) is 0 Å². The van der Waals surface area contributed by atoms with Crippen LogP contribution in [0.1, 0.15) is 0 Å². The van der Waals surface area contributed by atoms with Crippen molar-refractivity contribution in [2.75, 3.05) is 10.6 Å². The first-order valence-corrected chi connectivity index (χ1v) is 8.06. The van der Waals surface area contributed by atoms with Crippen molar-refractivity contribution >= 4 is 73.2 Å². The first-order chi connectivity index (χ1) is 10.5. The molecule has 0 saturated heterocycles. The summed E-state index contributed by atoms with van der Waals surface area (Å²) >= 11 is 19.2. The summed E-state index contributed by atoms with van der Waals surface area (Å²) < 4.78 is 0.991. The van der Waals surface area contributed by atoms with Gasteiger partial charge in [-0.05, 0) is 24.3 Å². The Morgan fingerprint density at radius 2 is 1.73 bits per heavy atom. The van der Waals surface area contributed by atoms with Crippen LogP contribution in [0.2, 0.25) is 15.1 Å². The second-order valence-electron chi connectivity index (χ2n) is 4.31. The molecule has 0 atom stereocenters. The van der Waals surface area contributed by atoms with Crippen LogP contribution >= 0.6 is 46.1 Å². The molecule has 1 heterocycles. The second kappa shape index (κ2) is 6.30. The van der Waals surface area contributed by atoms with E-state index in [1.54, 1.807) is 0 Å². The average molecular weight is 373 g/mol. The molecular formula is C14H8Cl3N3OS. The van der Waals surface area contributed by atoms with Gasteiger partial charge in [-0.25, -0.2) is 9.78 Å². The van der Waals surface area contributed by atoms with E-state index in [1.807, 2.05) is 24.3 Å². The minimum Gasteiger partial charge on any atom is -0.306 e. The van der Waals surface area contributed by atoms with E-state index in [-0.39, 0.29) is 0 Å². The minimum atomic E-state index is -0.459. The highest BCUT2D eigenvalue weighted by atomic mass is 35.5. The summed E-state index contributed by atoms with van der Waals surface area (Å²) in [5.74, 6) is 0. The molecule has 3 rings (SSSR count). The lowest BCUT2D eigenvalue weighted by atomic mass is 10.3. The molecule has 0 saturated carbocycles. The quantitative estimate of drug-likeness (QED) is 0.550. The molecule has 4 nitrogen and oxygen atoms in total. The molecule has 0 bridgehead atoms. The molecule has 112 valence electrons. The third-order valence-corrected chi connectivity index (χ3v) is 4.76. The van der Waals surface area contributed by atoms with E-state index in [1.165, 1.54) is 23.5 Å². The molecule has 0 aliphatic rings. The normalized spacial score (nSPS) is 10.7. The number of hydrogen-bond donors (Lipinski definition) is 2. The monoisotopic (exact) mass is 371 g/mol. The van der Waals surface area contributed by atoms with Crippen LogP contribution in [0.5, 0.6) is 0 Å². The Bertz CT molecular complexity index is 833. The summed E-state index contributed by atoms with van der Waals surface area (Å²) in [5.41, 5.74) is 1.20. The molecule has 0 unspecified atom stereocenters. The van der Waals surface area contributed by atoms with E-state index in [4.69, 9.17) is 34.8 Å². The van der Waals surface area contributed by atoms with Crippen molar-refractivity contribution in [2.45, 2.75) is 0 Å². The lowest BCUT2D eigenvalue weighted by Gasteiger charge is -2.08. The average Bonchev–Trinajstić information content (AvgIpc) is 2.86. The zero-order valence-corrected chi connectivity index (χ0v) is 13.9. The number of halogens is 3. The lowest BCUT2D eigenvalue weighted by molar-refractivity contribution is 0.262. The molecule has 8 heteroatoms. The van der Waals surface area contributed by atoms with Gasteiger partial charge in [0.1, 0.15) is 0 Å². The summed E-state index contributed by atoms with van der Waals surface area (Å²) in [6.45, 7) is 0. The maximum absolute atomic E-state index is 12.0. The number of para-hydroxylation sites is 1. The van der Waals surface area contributed by atoms with Crippen LogP contribution in [0.3, 0.4) is 0 Å². The first kappa shape index (κ1) is 15.4. The molecule has 22 heavy (non-hydrogen) atoms. The predicted molar refractivity (Wildman–Crippen MR) is 93.7 cm³/mol. The van der Waals surface area contributed by atoms with Crippen LogP contribution in [-0.4, -0.2) is 11.0 Å². The van der Waals surface area contributed by atoms with Gasteiger partial charge in [0.25, 0.3) is 0 Å². The van der Waals surface area contributed by atoms with Gasteiger partial charge in [0.2, 0.25) is 0 Å². The van der Waals surface area contributed by atoms with E-state index in [2.05, 4.69) is 15.6 Å². The van der Waals surface area contributed by atoms with Crippen molar-refractivity contribution in [3.63, 3.8) is 0 Å². The molecule has 0 aliphatic carbocycles. The number of amides is 2. The minimum absolute atomic E-state index is 0.300. The first-order valence-electron chi connectivity index (χ1n) is 6.11.